The van der Waals surface area contributed by atoms with Crippen molar-refractivity contribution in [1.29, 1.82) is 0 Å². The first-order valence-electron chi connectivity index (χ1n) is 10.1. The summed E-state index contributed by atoms with van der Waals surface area (Å²) in [5, 5.41) is 7.68. The lowest BCUT2D eigenvalue weighted by molar-refractivity contribution is -0.118. The Morgan fingerprint density at radius 3 is 2.63 bits per heavy atom. The molecule has 0 spiro atoms. The summed E-state index contributed by atoms with van der Waals surface area (Å²) in [4.78, 5) is 16.9. The monoisotopic (exact) mass is 416 g/mol. The quantitative estimate of drug-likeness (QED) is 0.374. The van der Waals surface area contributed by atoms with E-state index in [-0.39, 0.29) is 12.5 Å². The van der Waals surface area contributed by atoms with E-state index in [1.807, 2.05) is 35.7 Å². The molecule has 4 aromatic rings. The van der Waals surface area contributed by atoms with Gasteiger partial charge in [0.1, 0.15) is 5.75 Å². The molecule has 152 valence electrons. The lowest BCUT2D eigenvalue weighted by atomic mass is 9.99. The number of benzene rings is 3. The highest BCUT2D eigenvalue weighted by atomic mass is 32.1. The zero-order valence-electron chi connectivity index (χ0n) is 17.1. The van der Waals surface area contributed by atoms with Gasteiger partial charge in [0, 0.05) is 10.9 Å². The lowest BCUT2D eigenvalue weighted by Gasteiger charge is -2.10. The maximum atomic E-state index is 12.3. The van der Waals surface area contributed by atoms with Crippen LogP contribution in [0.2, 0.25) is 0 Å². The first-order chi connectivity index (χ1) is 14.6. The van der Waals surface area contributed by atoms with E-state index in [0.717, 1.165) is 23.1 Å². The SMILES string of the molecule is CCC(C)c1ccc(OCC(=O)Nc2nc(-c3cccc4ccccc34)cs2)cc1. The number of aromatic nitrogens is 1. The molecular formula is C25H24N2O2S. The molecule has 0 saturated carbocycles. The normalized spacial score (nSPS) is 11.9. The van der Waals surface area contributed by atoms with Crippen LogP contribution in [0.4, 0.5) is 5.13 Å². The van der Waals surface area contributed by atoms with Crippen LogP contribution in [-0.2, 0) is 4.79 Å². The van der Waals surface area contributed by atoms with Gasteiger partial charge in [0.25, 0.3) is 5.91 Å². The number of carbonyl (C=O) groups excluding carboxylic acids is 1. The molecule has 1 heterocycles. The molecule has 0 bridgehead atoms. The Bertz CT molecular complexity index is 1150. The minimum absolute atomic E-state index is 0.0497. The highest BCUT2D eigenvalue weighted by molar-refractivity contribution is 7.14. The van der Waals surface area contributed by atoms with Gasteiger partial charge in [-0.2, -0.15) is 0 Å². The average molecular weight is 417 g/mol. The van der Waals surface area contributed by atoms with Crippen molar-refractivity contribution in [1.82, 2.24) is 4.98 Å². The molecule has 0 fully saturated rings. The average Bonchev–Trinajstić information content (AvgIpc) is 3.25. The molecule has 4 nitrogen and oxygen atoms in total. The fourth-order valence-corrected chi connectivity index (χ4v) is 4.06. The summed E-state index contributed by atoms with van der Waals surface area (Å²) in [6.07, 6.45) is 1.09. The highest BCUT2D eigenvalue weighted by Crippen LogP contribution is 2.31. The molecule has 0 saturated heterocycles. The predicted octanol–water partition coefficient (Wildman–Crippen LogP) is 6.49. The Balaban J connectivity index is 1.38. The van der Waals surface area contributed by atoms with Gasteiger partial charge in [0.05, 0.1) is 5.69 Å². The van der Waals surface area contributed by atoms with E-state index < -0.39 is 0 Å². The zero-order chi connectivity index (χ0) is 20.9. The van der Waals surface area contributed by atoms with Crippen molar-refractivity contribution in [2.24, 2.45) is 0 Å². The first kappa shape index (κ1) is 20.1. The van der Waals surface area contributed by atoms with Crippen LogP contribution in [0, 0.1) is 0 Å². The maximum absolute atomic E-state index is 12.3. The zero-order valence-corrected chi connectivity index (χ0v) is 17.9. The van der Waals surface area contributed by atoms with Gasteiger partial charge < -0.3 is 4.74 Å². The van der Waals surface area contributed by atoms with Gasteiger partial charge in [0.2, 0.25) is 0 Å². The van der Waals surface area contributed by atoms with E-state index in [4.69, 9.17) is 4.74 Å². The van der Waals surface area contributed by atoms with Crippen molar-refractivity contribution in [3.63, 3.8) is 0 Å². The second kappa shape index (κ2) is 9.09. The van der Waals surface area contributed by atoms with Crippen molar-refractivity contribution < 1.29 is 9.53 Å². The van der Waals surface area contributed by atoms with Crippen LogP contribution in [0.25, 0.3) is 22.0 Å². The number of carbonyl (C=O) groups is 1. The van der Waals surface area contributed by atoms with Crippen LogP contribution in [0.5, 0.6) is 5.75 Å². The Morgan fingerprint density at radius 2 is 1.83 bits per heavy atom. The third-order valence-corrected chi connectivity index (χ3v) is 6.01. The number of nitrogens with one attached hydrogen (secondary N) is 1. The van der Waals surface area contributed by atoms with E-state index in [1.54, 1.807) is 0 Å². The minimum atomic E-state index is -0.222. The summed E-state index contributed by atoms with van der Waals surface area (Å²) in [6, 6.07) is 22.3. The third kappa shape index (κ3) is 4.52. The molecule has 3 aromatic carbocycles. The molecule has 0 aliphatic rings. The summed E-state index contributed by atoms with van der Waals surface area (Å²) < 4.78 is 5.62. The number of fused-ring (bicyclic) bond motifs is 1. The number of rotatable bonds is 7. The van der Waals surface area contributed by atoms with Crippen molar-refractivity contribution >= 4 is 33.1 Å². The van der Waals surface area contributed by atoms with E-state index >= 15 is 0 Å². The van der Waals surface area contributed by atoms with Crippen molar-refractivity contribution in [3.8, 4) is 17.0 Å². The van der Waals surface area contributed by atoms with E-state index in [2.05, 4.69) is 60.5 Å². The van der Waals surface area contributed by atoms with Gasteiger partial charge >= 0.3 is 0 Å². The molecule has 0 aliphatic carbocycles. The van der Waals surface area contributed by atoms with Gasteiger partial charge in [-0.15, -0.1) is 11.3 Å². The molecule has 1 aromatic heterocycles. The second-order valence-electron chi connectivity index (χ2n) is 7.28. The van der Waals surface area contributed by atoms with Crippen LogP contribution in [-0.4, -0.2) is 17.5 Å². The summed E-state index contributed by atoms with van der Waals surface area (Å²) in [7, 11) is 0. The van der Waals surface area contributed by atoms with Gasteiger partial charge in [-0.3, -0.25) is 10.1 Å². The van der Waals surface area contributed by atoms with Gasteiger partial charge in [-0.05, 0) is 40.8 Å². The van der Waals surface area contributed by atoms with Crippen molar-refractivity contribution in [2.45, 2.75) is 26.2 Å². The molecule has 1 unspecified atom stereocenters. The standard InChI is InChI=1S/C25H24N2O2S/c1-3-17(2)18-11-13-20(14-12-18)29-15-24(28)27-25-26-23(16-30-25)22-10-6-8-19-7-4-5-9-21(19)22/h4-14,16-17H,3,15H2,1-2H3,(H,26,27,28). The molecule has 4 rings (SSSR count). The summed E-state index contributed by atoms with van der Waals surface area (Å²) in [5.74, 6) is 0.982. The maximum Gasteiger partial charge on any atom is 0.264 e. The Hall–Kier alpha value is -3.18. The Morgan fingerprint density at radius 1 is 1.07 bits per heavy atom. The van der Waals surface area contributed by atoms with Crippen LogP contribution >= 0.6 is 11.3 Å². The number of amides is 1. The Labute approximate surface area is 180 Å². The first-order valence-corrected chi connectivity index (χ1v) is 11.0. The van der Waals surface area contributed by atoms with Crippen LogP contribution in [0.3, 0.4) is 0 Å². The van der Waals surface area contributed by atoms with Gasteiger partial charge in [0.15, 0.2) is 11.7 Å². The van der Waals surface area contributed by atoms with E-state index in [1.165, 1.54) is 22.3 Å². The van der Waals surface area contributed by atoms with Crippen LogP contribution in [0.15, 0.2) is 72.1 Å². The lowest BCUT2D eigenvalue weighted by Crippen LogP contribution is -2.20. The Kier molecular flexibility index (Phi) is 6.10. The second-order valence-corrected chi connectivity index (χ2v) is 8.14. The molecule has 1 amide bonds. The third-order valence-electron chi connectivity index (χ3n) is 5.25. The highest BCUT2D eigenvalue weighted by Gasteiger charge is 2.11. The molecule has 0 radical (unpaired) electrons. The van der Waals surface area contributed by atoms with Gasteiger partial charge in [-0.25, -0.2) is 4.98 Å². The number of ether oxygens (including phenoxy) is 1. The molecule has 0 aliphatic heterocycles. The fourth-order valence-electron chi connectivity index (χ4n) is 3.34. The van der Waals surface area contributed by atoms with Crippen LogP contribution in [0.1, 0.15) is 31.7 Å². The molecule has 5 heteroatoms. The molecule has 1 atom stereocenters. The minimum Gasteiger partial charge on any atom is -0.484 e. The predicted molar refractivity (Wildman–Crippen MR) is 124 cm³/mol. The number of thiazole rings is 1. The van der Waals surface area contributed by atoms with Crippen molar-refractivity contribution in [2.75, 3.05) is 11.9 Å². The number of anilines is 1. The molecule has 1 N–H and O–H groups in total. The number of hydrogen-bond acceptors (Lipinski definition) is 4. The number of nitrogens with zero attached hydrogens (tertiary/aromatic N) is 1. The van der Waals surface area contributed by atoms with Gasteiger partial charge in [-0.1, -0.05) is 68.4 Å². The van der Waals surface area contributed by atoms with E-state index in [9.17, 15) is 4.79 Å². The number of hydrogen-bond donors (Lipinski definition) is 1. The summed E-state index contributed by atoms with van der Waals surface area (Å²) in [5.41, 5.74) is 3.19. The summed E-state index contributed by atoms with van der Waals surface area (Å²) in [6.45, 7) is 4.32. The fraction of sp³-hybridized carbons (Fsp3) is 0.200. The smallest absolute Gasteiger partial charge is 0.264 e. The summed E-state index contributed by atoms with van der Waals surface area (Å²) >= 11 is 1.41. The molecule has 30 heavy (non-hydrogen) atoms. The van der Waals surface area contributed by atoms with E-state index in [0.29, 0.717) is 16.8 Å². The van der Waals surface area contributed by atoms with Crippen LogP contribution < -0.4 is 10.1 Å². The molecular weight excluding hydrogens is 392 g/mol. The largest absolute Gasteiger partial charge is 0.484 e. The van der Waals surface area contributed by atoms with Crippen molar-refractivity contribution in [3.05, 3.63) is 77.7 Å². The topological polar surface area (TPSA) is 51.2 Å².